The quantitative estimate of drug-likeness (QED) is 0.216. The molecule has 1 aliphatic heterocycles. The van der Waals surface area contributed by atoms with E-state index in [4.69, 9.17) is 0 Å². The topological polar surface area (TPSA) is 80.1 Å². The van der Waals surface area contributed by atoms with Crippen molar-refractivity contribution in [3.05, 3.63) is 40.6 Å². The molecule has 0 aliphatic carbocycles. The lowest BCUT2D eigenvalue weighted by molar-refractivity contribution is -0.135. The zero-order valence-electron chi connectivity index (χ0n) is 12.5. The van der Waals surface area contributed by atoms with Gasteiger partial charge in [-0.25, -0.2) is 9.18 Å². The van der Waals surface area contributed by atoms with E-state index < -0.39 is 30.1 Å². The number of carbonyl (C=O) groups excluding carboxylic acids is 2. The van der Waals surface area contributed by atoms with Gasteiger partial charge < -0.3 is 17.7 Å². The Balaban J connectivity index is 2.14. The average molecular weight is 374 g/mol. The highest BCUT2D eigenvalue weighted by Gasteiger charge is 2.29. The lowest BCUT2D eigenvalue weighted by atomic mass is 9.79. The molecular formula is C13H9BF4N3O3S-. The molecule has 1 fully saturated rings. The van der Waals surface area contributed by atoms with Gasteiger partial charge in [-0.3, -0.25) is 10.1 Å². The van der Waals surface area contributed by atoms with Crippen molar-refractivity contribution < 1.29 is 31.7 Å². The van der Waals surface area contributed by atoms with Crippen LogP contribution in [-0.4, -0.2) is 37.3 Å². The molecule has 0 saturated carbocycles. The summed E-state index contributed by atoms with van der Waals surface area (Å²) in [6, 6.07) is 2.40. The summed E-state index contributed by atoms with van der Waals surface area (Å²) in [5, 5.41) is 9.50. The fourth-order valence-electron chi connectivity index (χ4n) is 1.68. The van der Waals surface area contributed by atoms with Gasteiger partial charge in [-0.1, -0.05) is 17.6 Å². The molecule has 1 amide bonds. The zero-order valence-corrected chi connectivity index (χ0v) is 13.3. The first-order valence-electron chi connectivity index (χ1n) is 6.60. The van der Waals surface area contributed by atoms with E-state index in [2.05, 4.69) is 20.3 Å². The molecule has 25 heavy (non-hydrogen) atoms. The fourth-order valence-corrected chi connectivity index (χ4v) is 2.42. The minimum absolute atomic E-state index is 0.0143. The first-order chi connectivity index (χ1) is 11.7. The van der Waals surface area contributed by atoms with Gasteiger partial charge in [-0.2, -0.15) is 5.10 Å². The maximum atomic E-state index is 13.2. The number of hydrogen-bond acceptors (Lipinski definition) is 6. The van der Waals surface area contributed by atoms with Crippen LogP contribution in [0.5, 0.6) is 0 Å². The predicted octanol–water partition coefficient (Wildman–Crippen LogP) is 1.49. The van der Waals surface area contributed by atoms with Crippen LogP contribution < -0.4 is 10.8 Å². The Hall–Kier alpha value is -2.63. The number of amidine groups is 1. The molecule has 0 unspecified atom stereocenters. The van der Waals surface area contributed by atoms with Gasteiger partial charge in [0.15, 0.2) is 5.17 Å². The van der Waals surface area contributed by atoms with Gasteiger partial charge in [0, 0.05) is 6.08 Å². The van der Waals surface area contributed by atoms with Crippen LogP contribution in [0.1, 0.15) is 5.56 Å². The van der Waals surface area contributed by atoms with Gasteiger partial charge in [0.2, 0.25) is 0 Å². The van der Waals surface area contributed by atoms with Crippen molar-refractivity contribution in [2.75, 3.05) is 7.11 Å². The summed E-state index contributed by atoms with van der Waals surface area (Å²) < 4.78 is 55.6. The summed E-state index contributed by atoms with van der Waals surface area (Å²) >= 11 is 0.806. The van der Waals surface area contributed by atoms with Gasteiger partial charge in [0.1, 0.15) is 0 Å². The van der Waals surface area contributed by atoms with Gasteiger partial charge in [-0.15, -0.1) is 5.10 Å². The number of amides is 1. The van der Waals surface area contributed by atoms with Crippen LogP contribution in [0.2, 0.25) is 0 Å². The summed E-state index contributed by atoms with van der Waals surface area (Å²) in [6.07, 6.45) is 1.94. The van der Waals surface area contributed by atoms with Crippen molar-refractivity contribution in [1.29, 1.82) is 0 Å². The number of thioether (sulfide) groups is 1. The SMILES string of the molecule is COC(=O)/C=C1/S/C(=N\N=Cc2ccc(F)c([B-](F)(F)F)c2)NC1=O. The summed E-state index contributed by atoms with van der Waals surface area (Å²) in [7, 11) is 1.15. The number of hydrogen-bond donors (Lipinski definition) is 1. The second kappa shape index (κ2) is 7.51. The van der Waals surface area contributed by atoms with E-state index in [1.807, 2.05) is 0 Å². The zero-order chi connectivity index (χ0) is 18.6. The van der Waals surface area contributed by atoms with Crippen molar-refractivity contribution in [2.45, 2.75) is 0 Å². The molecular weight excluding hydrogens is 365 g/mol. The maximum Gasteiger partial charge on any atom is 0.512 e. The number of carbonyl (C=O) groups is 2. The van der Waals surface area contributed by atoms with Gasteiger partial charge in [0.25, 0.3) is 5.91 Å². The van der Waals surface area contributed by atoms with E-state index in [1.54, 1.807) is 0 Å². The molecule has 12 heteroatoms. The number of halogens is 4. The van der Waals surface area contributed by atoms with Crippen molar-refractivity contribution >= 4 is 47.5 Å². The van der Waals surface area contributed by atoms with E-state index >= 15 is 0 Å². The molecule has 1 saturated heterocycles. The summed E-state index contributed by atoms with van der Waals surface area (Å²) in [5.41, 5.74) is -1.37. The normalized spacial score (nSPS) is 18.2. The third-order valence-corrected chi connectivity index (χ3v) is 3.73. The van der Waals surface area contributed by atoms with Crippen molar-refractivity contribution in [2.24, 2.45) is 10.2 Å². The Morgan fingerprint density at radius 3 is 2.72 bits per heavy atom. The Kier molecular flexibility index (Phi) is 5.62. The smallest absolute Gasteiger partial charge is 0.466 e. The molecule has 1 aliphatic rings. The molecule has 1 aromatic carbocycles. The molecule has 6 nitrogen and oxygen atoms in total. The Bertz CT molecular complexity index is 808. The summed E-state index contributed by atoms with van der Waals surface area (Å²) in [5.74, 6) is -2.68. The molecule has 1 N–H and O–H groups in total. The Morgan fingerprint density at radius 1 is 1.36 bits per heavy atom. The van der Waals surface area contributed by atoms with E-state index in [-0.39, 0.29) is 15.6 Å². The number of esters is 1. The number of ether oxygens (including phenoxy) is 1. The van der Waals surface area contributed by atoms with Crippen LogP contribution in [-0.2, 0) is 14.3 Å². The van der Waals surface area contributed by atoms with E-state index in [9.17, 15) is 26.9 Å². The summed E-state index contributed by atoms with van der Waals surface area (Å²) in [6.45, 7) is -5.49. The number of methoxy groups -OCH3 is 1. The minimum atomic E-state index is -5.49. The Labute approximate surface area is 143 Å². The van der Waals surface area contributed by atoms with E-state index in [1.165, 1.54) is 0 Å². The van der Waals surface area contributed by atoms with Crippen LogP contribution in [0.4, 0.5) is 17.3 Å². The van der Waals surface area contributed by atoms with Gasteiger partial charge in [0.05, 0.1) is 24.0 Å². The molecule has 2 rings (SSSR count). The monoisotopic (exact) mass is 374 g/mol. The first kappa shape index (κ1) is 18.7. The standard InChI is InChI=1S/C13H9BF4N3O3S/c1-24-11(22)5-10-12(23)20-13(25-10)21-19-6-7-2-3-9(15)8(4-7)14(16,17)18/h2-6H,1H3,(H,20,21,23)/q-1/b10-5+,19-6?. The molecule has 0 bridgehead atoms. The van der Waals surface area contributed by atoms with Crippen molar-refractivity contribution in [1.82, 2.24) is 5.32 Å². The highest BCUT2D eigenvalue weighted by molar-refractivity contribution is 8.18. The molecule has 0 radical (unpaired) electrons. The predicted molar refractivity (Wildman–Crippen MR) is 86.0 cm³/mol. The molecule has 1 aromatic rings. The minimum Gasteiger partial charge on any atom is -0.466 e. The second-order valence-electron chi connectivity index (χ2n) is 4.59. The van der Waals surface area contributed by atoms with Crippen LogP contribution in [0.25, 0.3) is 0 Å². The van der Waals surface area contributed by atoms with Gasteiger partial charge in [-0.05, 0) is 23.4 Å². The van der Waals surface area contributed by atoms with Crippen LogP contribution in [0.15, 0.2) is 39.4 Å². The highest BCUT2D eigenvalue weighted by Crippen LogP contribution is 2.23. The largest absolute Gasteiger partial charge is 0.512 e. The molecule has 0 atom stereocenters. The second-order valence-corrected chi connectivity index (χ2v) is 5.62. The van der Waals surface area contributed by atoms with Gasteiger partial charge >= 0.3 is 12.9 Å². The number of nitrogens with zero attached hydrogens (tertiary/aromatic N) is 2. The first-order valence-corrected chi connectivity index (χ1v) is 7.41. The van der Waals surface area contributed by atoms with Crippen LogP contribution >= 0.6 is 11.8 Å². The molecule has 0 spiro atoms. The maximum absolute atomic E-state index is 13.2. The molecule has 132 valence electrons. The van der Waals surface area contributed by atoms with Crippen LogP contribution in [0, 0.1) is 5.82 Å². The number of nitrogens with one attached hydrogen (secondary N) is 1. The third kappa shape index (κ3) is 4.92. The molecule has 1 heterocycles. The van der Waals surface area contributed by atoms with E-state index in [0.717, 1.165) is 37.2 Å². The van der Waals surface area contributed by atoms with Crippen LogP contribution in [0.3, 0.4) is 0 Å². The Morgan fingerprint density at radius 2 is 2.08 bits per heavy atom. The van der Waals surface area contributed by atoms with E-state index in [0.29, 0.717) is 12.1 Å². The summed E-state index contributed by atoms with van der Waals surface area (Å²) in [4.78, 5) is 22.7. The highest BCUT2D eigenvalue weighted by atomic mass is 32.2. The third-order valence-electron chi connectivity index (χ3n) is 2.83. The fraction of sp³-hybridized carbons (Fsp3) is 0.0769. The number of rotatable bonds is 4. The lowest BCUT2D eigenvalue weighted by Crippen LogP contribution is -2.37. The number of benzene rings is 1. The molecule has 0 aromatic heterocycles. The van der Waals surface area contributed by atoms with Crippen molar-refractivity contribution in [3.63, 3.8) is 0 Å². The average Bonchev–Trinajstić information content (AvgIpc) is 2.87. The van der Waals surface area contributed by atoms with Crippen molar-refractivity contribution in [3.8, 4) is 0 Å². The lowest BCUT2D eigenvalue weighted by Gasteiger charge is -2.15.